The van der Waals surface area contributed by atoms with E-state index in [1.165, 1.54) is 23.9 Å². The van der Waals surface area contributed by atoms with Crippen molar-refractivity contribution in [3.8, 4) is 16.9 Å². The van der Waals surface area contributed by atoms with E-state index in [0.717, 1.165) is 42.5 Å². The molecule has 0 N–H and O–H groups in total. The highest BCUT2D eigenvalue weighted by Crippen LogP contribution is 2.35. The van der Waals surface area contributed by atoms with Gasteiger partial charge in [0.1, 0.15) is 10.1 Å². The summed E-state index contributed by atoms with van der Waals surface area (Å²) in [4.78, 5) is 15.3. The summed E-state index contributed by atoms with van der Waals surface area (Å²) in [6.07, 6.45) is 8.07. The molecule has 4 nitrogen and oxygen atoms in total. The van der Waals surface area contributed by atoms with Crippen molar-refractivity contribution in [3.05, 3.63) is 77.1 Å². The van der Waals surface area contributed by atoms with Crippen LogP contribution in [0.5, 0.6) is 0 Å². The van der Waals surface area contributed by atoms with Crippen molar-refractivity contribution < 1.29 is 9.18 Å². The first-order chi connectivity index (χ1) is 15.6. The van der Waals surface area contributed by atoms with Gasteiger partial charge in [-0.3, -0.25) is 9.69 Å². The van der Waals surface area contributed by atoms with Crippen molar-refractivity contribution in [1.82, 2.24) is 14.7 Å². The zero-order valence-electron chi connectivity index (χ0n) is 17.8. The Kier molecular flexibility index (Phi) is 7.17. The Morgan fingerprint density at radius 2 is 1.81 bits per heavy atom. The Morgan fingerprint density at radius 1 is 1.06 bits per heavy atom. The van der Waals surface area contributed by atoms with E-state index in [4.69, 9.17) is 17.3 Å². The van der Waals surface area contributed by atoms with E-state index in [1.807, 2.05) is 42.6 Å². The highest BCUT2D eigenvalue weighted by Gasteiger charge is 2.32. The number of thioether (sulfide) groups is 1. The van der Waals surface area contributed by atoms with Crippen LogP contribution in [0.15, 0.2) is 65.7 Å². The lowest BCUT2D eigenvalue weighted by atomic mass is 10.1. The lowest BCUT2D eigenvalue weighted by Crippen LogP contribution is -2.29. The molecule has 1 amide bonds. The molecule has 0 bridgehead atoms. The topological polar surface area (TPSA) is 38.1 Å². The van der Waals surface area contributed by atoms with Crippen molar-refractivity contribution in [1.29, 1.82) is 0 Å². The zero-order valence-corrected chi connectivity index (χ0v) is 19.5. The molecule has 7 heteroatoms. The number of aromatic nitrogens is 2. The van der Waals surface area contributed by atoms with Gasteiger partial charge in [-0.15, -0.1) is 0 Å². The second-order valence-corrected chi connectivity index (χ2v) is 9.29. The van der Waals surface area contributed by atoms with Crippen LogP contribution in [0.2, 0.25) is 0 Å². The smallest absolute Gasteiger partial charge is 0.266 e. The predicted molar refractivity (Wildman–Crippen MR) is 133 cm³/mol. The molecule has 0 saturated carbocycles. The third-order valence-corrected chi connectivity index (χ3v) is 6.65. The first-order valence-corrected chi connectivity index (χ1v) is 12.0. The summed E-state index contributed by atoms with van der Waals surface area (Å²) in [5.41, 5.74) is 3.15. The fourth-order valence-electron chi connectivity index (χ4n) is 3.57. The molecule has 32 heavy (non-hydrogen) atoms. The summed E-state index contributed by atoms with van der Waals surface area (Å²) < 4.78 is 15.9. The van der Waals surface area contributed by atoms with Crippen LogP contribution in [-0.2, 0) is 4.79 Å². The van der Waals surface area contributed by atoms with E-state index in [2.05, 4.69) is 6.92 Å². The largest absolute Gasteiger partial charge is 0.293 e. The molecule has 1 aliphatic heterocycles. The van der Waals surface area contributed by atoms with E-state index in [1.54, 1.807) is 21.7 Å². The number of hydrogen-bond donors (Lipinski definition) is 0. The maximum absolute atomic E-state index is 13.5. The highest BCUT2D eigenvalue weighted by atomic mass is 32.2. The fraction of sp³-hybridized carbons (Fsp3) is 0.240. The molecule has 1 saturated heterocycles. The second kappa shape index (κ2) is 10.2. The normalized spacial score (nSPS) is 15.2. The molecule has 164 valence electrons. The standard InChI is InChI=1S/C25H24FN3OS2/c1-2-3-4-8-15-28-24(30)22(32-25(28)31)16-19-17-29(21-9-6-5-7-10-21)27-23(19)18-11-13-20(26)14-12-18/h5-7,9-14,16-17H,2-4,8,15H2,1H3/b22-16-. The summed E-state index contributed by atoms with van der Waals surface area (Å²) >= 11 is 6.80. The van der Waals surface area contributed by atoms with Gasteiger partial charge in [-0.1, -0.05) is 68.4 Å². The molecule has 4 rings (SSSR count). The maximum Gasteiger partial charge on any atom is 0.266 e. The number of rotatable bonds is 8. The predicted octanol–water partition coefficient (Wildman–Crippen LogP) is 6.46. The number of benzene rings is 2. The number of halogens is 1. The third-order valence-electron chi connectivity index (χ3n) is 5.28. The van der Waals surface area contributed by atoms with E-state index in [-0.39, 0.29) is 11.7 Å². The summed E-state index contributed by atoms with van der Waals surface area (Å²) in [7, 11) is 0. The number of carbonyl (C=O) groups excluding carboxylic acids is 1. The average molecular weight is 466 g/mol. The third kappa shape index (κ3) is 5.00. The SMILES string of the molecule is CCCCCCN1C(=O)/C(=C/c2cn(-c3ccccc3)nc2-c2ccc(F)cc2)SC1=S. The lowest BCUT2D eigenvalue weighted by molar-refractivity contribution is -0.122. The Balaban J connectivity index is 1.67. The Morgan fingerprint density at radius 3 is 2.53 bits per heavy atom. The number of nitrogens with zero attached hydrogens (tertiary/aromatic N) is 3. The molecular formula is C25H24FN3OS2. The van der Waals surface area contributed by atoms with Gasteiger partial charge in [0.25, 0.3) is 5.91 Å². The van der Waals surface area contributed by atoms with Crippen LogP contribution in [0.25, 0.3) is 23.0 Å². The van der Waals surface area contributed by atoms with Gasteiger partial charge in [0.2, 0.25) is 0 Å². The molecule has 2 heterocycles. The maximum atomic E-state index is 13.5. The fourth-order valence-corrected chi connectivity index (χ4v) is 4.87. The molecule has 1 aliphatic rings. The molecule has 2 aromatic carbocycles. The lowest BCUT2D eigenvalue weighted by Gasteiger charge is -2.13. The Bertz CT molecular complexity index is 1140. The van der Waals surface area contributed by atoms with Gasteiger partial charge in [0.05, 0.1) is 16.3 Å². The van der Waals surface area contributed by atoms with Crippen LogP contribution < -0.4 is 0 Å². The molecule has 1 aromatic heterocycles. The monoisotopic (exact) mass is 465 g/mol. The number of carbonyl (C=O) groups is 1. The van der Waals surface area contributed by atoms with Crippen LogP contribution in [0.3, 0.4) is 0 Å². The number of para-hydroxylation sites is 1. The minimum absolute atomic E-state index is 0.0611. The number of thiocarbonyl (C=S) groups is 1. The summed E-state index contributed by atoms with van der Waals surface area (Å²) in [6.45, 7) is 2.81. The first-order valence-electron chi connectivity index (χ1n) is 10.7. The molecule has 3 aromatic rings. The molecule has 0 aliphatic carbocycles. The van der Waals surface area contributed by atoms with E-state index in [9.17, 15) is 9.18 Å². The molecule has 0 radical (unpaired) electrons. The zero-order chi connectivity index (χ0) is 22.5. The van der Waals surface area contributed by atoms with Gasteiger partial charge in [-0.25, -0.2) is 9.07 Å². The van der Waals surface area contributed by atoms with Crippen LogP contribution >= 0.6 is 24.0 Å². The molecule has 0 spiro atoms. The number of unbranched alkanes of at least 4 members (excludes halogenated alkanes) is 3. The van der Waals surface area contributed by atoms with Crippen molar-refractivity contribution in [2.45, 2.75) is 32.6 Å². The van der Waals surface area contributed by atoms with Gasteiger partial charge < -0.3 is 0 Å². The van der Waals surface area contributed by atoms with Crippen LogP contribution in [0.4, 0.5) is 4.39 Å². The van der Waals surface area contributed by atoms with Crippen molar-refractivity contribution >= 4 is 40.3 Å². The summed E-state index contributed by atoms with van der Waals surface area (Å²) in [5.74, 6) is -0.365. The van der Waals surface area contributed by atoms with Gasteiger partial charge >= 0.3 is 0 Å². The number of hydrogen-bond acceptors (Lipinski definition) is 4. The minimum atomic E-state index is -0.304. The molecular weight excluding hydrogens is 441 g/mol. The molecule has 0 unspecified atom stereocenters. The second-order valence-electron chi connectivity index (χ2n) is 7.61. The summed E-state index contributed by atoms with van der Waals surface area (Å²) in [5, 5.41) is 4.74. The van der Waals surface area contributed by atoms with Gasteiger partial charge in [0, 0.05) is 23.9 Å². The Hall–Kier alpha value is -2.77. The highest BCUT2D eigenvalue weighted by molar-refractivity contribution is 8.26. The summed E-state index contributed by atoms with van der Waals surface area (Å²) in [6, 6.07) is 16.0. The van der Waals surface area contributed by atoms with E-state index in [0.29, 0.717) is 21.5 Å². The molecule has 0 atom stereocenters. The van der Waals surface area contributed by atoms with Crippen molar-refractivity contribution in [2.24, 2.45) is 0 Å². The minimum Gasteiger partial charge on any atom is -0.293 e. The van der Waals surface area contributed by atoms with E-state index >= 15 is 0 Å². The van der Waals surface area contributed by atoms with Gasteiger partial charge in [-0.05, 0) is 48.9 Å². The van der Waals surface area contributed by atoms with Gasteiger partial charge in [-0.2, -0.15) is 5.10 Å². The van der Waals surface area contributed by atoms with E-state index < -0.39 is 0 Å². The van der Waals surface area contributed by atoms with Crippen LogP contribution in [-0.4, -0.2) is 31.5 Å². The molecule has 1 fully saturated rings. The Labute approximate surface area is 197 Å². The van der Waals surface area contributed by atoms with Crippen molar-refractivity contribution in [2.75, 3.05) is 6.54 Å². The number of amides is 1. The van der Waals surface area contributed by atoms with Gasteiger partial charge in [0.15, 0.2) is 0 Å². The average Bonchev–Trinajstić information content (AvgIpc) is 3.34. The van der Waals surface area contributed by atoms with Crippen LogP contribution in [0, 0.1) is 5.82 Å². The van der Waals surface area contributed by atoms with Crippen LogP contribution in [0.1, 0.15) is 38.2 Å². The first kappa shape index (κ1) is 22.4. The quantitative estimate of drug-likeness (QED) is 0.217. The van der Waals surface area contributed by atoms with Crippen molar-refractivity contribution in [3.63, 3.8) is 0 Å².